The Bertz CT molecular complexity index is 1040. The number of carbonyl (C=O) groups is 1. The molecule has 1 aromatic heterocycles. The molecule has 0 saturated carbocycles. The van der Waals surface area contributed by atoms with E-state index < -0.39 is 10.0 Å². The van der Waals surface area contributed by atoms with E-state index in [-0.39, 0.29) is 12.5 Å². The topological polar surface area (TPSA) is 75.3 Å². The third kappa shape index (κ3) is 4.00. The van der Waals surface area contributed by atoms with E-state index in [1.165, 1.54) is 11.3 Å². The molecule has 1 amide bonds. The molecule has 0 spiro atoms. The quantitative estimate of drug-likeness (QED) is 0.718. The number of nitrogens with one attached hydrogen (secondary N) is 2. The number of anilines is 1. The zero-order chi connectivity index (χ0) is 18.0. The molecular weight excluding hydrogens is 356 g/mol. The van der Waals surface area contributed by atoms with Gasteiger partial charge in [-0.3, -0.25) is 9.52 Å². The zero-order valence-corrected chi connectivity index (χ0v) is 15.5. The van der Waals surface area contributed by atoms with E-state index in [1.54, 1.807) is 24.3 Å². The van der Waals surface area contributed by atoms with E-state index in [4.69, 9.17) is 0 Å². The minimum absolute atomic E-state index is 0.159. The molecule has 0 bridgehead atoms. The Balaban J connectivity index is 1.80. The number of para-hydroxylation sites is 1. The predicted octanol–water partition coefficient (Wildman–Crippen LogP) is 3.51. The maximum absolute atomic E-state index is 12.6. The Morgan fingerprint density at radius 2 is 1.76 bits per heavy atom. The van der Waals surface area contributed by atoms with Gasteiger partial charge in [-0.15, -0.1) is 11.3 Å². The minimum atomic E-state index is -3.38. The van der Waals surface area contributed by atoms with Crippen LogP contribution >= 0.6 is 11.3 Å². The fourth-order valence-corrected chi connectivity index (χ4v) is 4.34. The van der Waals surface area contributed by atoms with Crippen molar-refractivity contribution in [2.24, 2.45) is 0 Å². The highest BCUT2D eigenvalue weighted by Gasteiger charge is 2.15. The molecule has 1 heterocycles. The third-order valence-corrected chi connectivity index (χ3v) is 5.66. The highest BCUT2D eigenvalue weighted by molar-refractivity contribution is 7.92. The second-order valence-electron chi connectivity index (χ2n) is 5.77. The SMILES string of the molecule is Cc1c(C(=O)NCc2ccccc2NS(C)(=O)=O)sc2ccccc12. The van der Waals surface area contributed by atoms with E-state index in [2.05, 4.69) is 10.0 Å². The molecule has 0 aliphatic heterocycles. The van der Waals surface area contributed by atoms with Gasteiger partial charge in [0.25, 0.3) is 5.91 Å². The first-order valence-corrected chi connectivity index (χ1v) is 10.4. The van der Waals surface area contributed by atoms with Crippen molar-refractivity contribution in [3.05, 3.63) is 64.5 Å². The van der Waals surface area contributed by atoms with Gasteiger partial charge in [0.1, 0.15) is 0 Å². The second-order valence-corrected chi connectivity index (χ2v) is 8.57. The molecule has 0 aliphatic rings. The van der Waals surface area contributed by atoms with Gasteiger partial charge in [0, 0.05) is 11.2 Å². The van der Waals surface area contributed by atoms with E-state index in [1.807, 2.05) is 31.2 Å². The van der Waals surface area contributed by atoms with Gasteiger partial charge in [0.2, 0.25) is 10.0 Å². The number of fused-ring (bicyclic) bond motifs is 1. The Morgan fingerprint density at radius 1 is 1.08 bits per heavy atom. The molecule has 3 rings (SSSR count). The van der Waals surface area contributed by atoms with Crippen LogP contribution in [-0.2, 0) is 16.6 Å². The number of rotatable bonds is 5. The average molecular weight is 374 g/mol. The highest BCUT2D eigenvalue weighted by atomic mass is 32.2. The van der Waals surface area contributed by atoms with Crippen molar-refractivity contribution in [3.8, 4) is 0 Å². The fourth-order valence-electron chi connectivity index (χ4n) is 2.62. The van der Waals surface area contributed by atoms with Crippen LogP contribution in [0.2, 0.25) is 0 Å². The van der Waals surface area contributed by atoms with Crippen LogP contribution in [0.1, 0.15) is 20.8 Å². The normalized spacial score (nSPS) is 11.4. The van der Waals surface area contributed by atoms with E-state index >= 15 is 0 Å². The summed E-state index contributed by atoms with van der Waals surface area (Å²) in [4.78, 5) is 13.2. The molecule has 7 heteroatoms. The third-order valence-electron chi connectivity index (χ3n) is 3.80. The summed E-state index contributed by atoms with van der Waals surface area (Å²) >= 11 is 1.46. The minimum Gasteiger partial charge on any atom is -0.347 e. The van der Waals surface area contributed by atoms with Crippen LogP contribution in [0.5, 0.6) is 0 Å². The molecule has 2 aromatic carbocycles. The standard InChI is InChI=1S/C18H18N2O3S2/c1-12-14-8-4-6-10-16(14)24-17(12)18(21)19-11-13-7-3-5-9-15(13)20-25(2,22)23/h3-10,20H,11H2,1-2H3,(H,19,21). The number of amides is 1. The van der Waals surface area contributed by atoms with Crippen LogP contribution in [0.3, 0.4) is 0 Å². The van der Waals surface area contributed by atoms with E-state index in [9.17, 15) is 13.2 Å². The monoisotopic (exact) mass is 374 g/mol. The lowest BCUT2D eigenvalue weighted by atomic mass is 10.1. The van der Waals surface area contributed by atoms with Crippen LogP contribution in [0.25, 0.3) is 10.1 Å². The van der Waals surface area contributed by atoms with Crippen LogP contribution < -0.4 is 10.0 Å². The van der Waals surface area contributed by atoms with Crippen molar-refractivity contribution in [2.45, 2.75) is 13.5 Å². The summed E-state index contributed by atoms with van der Waals surface area (Å²) < 4.78 is 26.5. The summed E-state index contributed by atoms with van der Waals surface area (Å²) in [7, 11) is -3.38. The molecule has 0 aliphatic carbocycles. The van der Waals surface area contributed by atoms with Crippen molar-refractivity contribution < 1.29 is 13.2 Å². The van der Waals surface area contributed by atoms with Gasteiger partial charge in [-0.2, -0.15) is 0 Å². The van der Waals surface area contributed by atoms with Gasteiger partial charge < -0.3 is 5.32 Å². The first-order chi connectivity index (χ1) is 11.8. The first-order valence-electron chi connectivity index (χ1n) is 7.67. The molecule has 0 atom stereocenters. The van der Waals surface area contributed by atoms with E-state index in [0.717, 1.165) is 21.9 Å². The van der Waals surface area contributed by atoms with Crippen molar-refractivity contribution in [2.75, 3.05) is 11.0 Å². The van der Waals surface area contributed by atoms with Gasteiger partial charge in [0.05, 0.1) is 16.8 Å². The number of carbonyl (C=O) groups excluding carboxylic acids is 1. The number of sulfonamides is 1. The number of benzene rings is 2. The maximum atomic E-state index is 12.6. The Hall–Kier alpha value is -2.38. The molecule has 5 nitrogen and oxygen atoms in total. The molecule has 0 unspecified atom stereocenters. The highest BCUT2D eigenvalue weighted by Crippen LogP contribution is 2.30. The number of hydrogen-bond acceptors (Lipinski definition) is 4. The maximum Gasteiger partial charge on any atom is 0.261 e. The smallest absolute Gasteiger partial charge is 0.261 e. The second kappa shape index (κ2) is 6.85. The van der Waals surface area contributed by atoms with Crippen LogP contribution in [0.4, 0.5) is 5.69 Å². The average Bonchev–Trinajstić information content (AvgIpc) is 2.90. The van der Waals surface area contributed by atoms with Crippen LogP contribution in [0.15, 0.2) is 48.5 Å². The summed E-state index contributed by atoms with van der Waals surface area (Å²) in [6.07, 6.45) is 1.10. The van der Waals surface area contributed by atoms with Crippen molar-refractivity contribution >= 4 is 43.0 Å². The van der Waals surface area contributed by atoms with Crippen molar-refractivity contribution in [1.29, 1.82) is 0 Å². The molecule has 0 fully saturated rings. The molecule has 130 valence electrons. The molecule has 2 N–H and O–H groups in total. The zero-order valence-electron chi connectivity index (χ0n) is 13.9. The fraction of sp³-hybridized carbons (Fsp3) is 0.167. The summed E-state index contributed by atoms with van der Waals surface area (Å²) in [5, 5.41) is 3.96. The molecule has 0 radical (unpaired) electrons. The van der Waals surface area contributed by atoms with Gasteiger partial charge in [-0.1, -0.05) is 36.4 Å². The molecule has 25 heavy (non-hydrogen) atoms. The summed E-state index contributed by atoms with van der Waals surface area (Å²) in [6.45, 7) is 2.18. The summed E-state index contributed by atoms with van der Waals surface area (Å²) in [5.74, 6) is -0.159. The number of hydrogen-bond donors (Lipinski definition) is 2. The summed E-state index contributed by atoms with van der Waals surface area (Å²) in [6, 6.07) is 14.9. The molecule has 0 saturated heterocycles. The van der Waals surface area contributed by atoms with Crippen molar-refractivity contribution in [1.82, 2.24) is 5.32 Å². The van der Waals surface area contributed by atoms with Gasteiger partial charge in [0.15, 0.2) is 0 Å². The molecule has 3 aromatic rings. The summed E-state index contributed by atoms with van der Waals surface area (Å²) in [5.41, 5.74) is 2.14. The van der Waals surface area contributed by atoms with Crippen LogP contribution in [0, 0.1) is 6.92 Å². The lowest BCUT2D eigenvalue weighted by molar-refractivity contribution is 0.0954. The first kappa shape index (κ1) is 17.4. The van der Waals surface area contributed by atoms with Gasteiger partial charge >= 0.3 is 0 Å². The van der Waals surface area contributed by atoms with Gasteiger partial charge in [-0.05, 0) is 35.6 Å². The Morgan fingerprint density at radius 3 is 2.48 bits per heavy atom. The van der Waals surface area contributed by atoms with Crippen LogP contribution in [-0.4, -0.2) is 20.6 Å². The Kier molecular flexibility index (Phi) is 4.78. The lowest BCUT2D eigenvalue weighted by Gasteiger charge is -2.11. The number of thiophene rings is 1. The van der Waals surface area contributed by atoms with Crippen molar-refractivity contribution in [3.63, 3.8) is 0 Å². The molecular formula is C18H18N2O3S2. The number of aryl methyl sites for hydroxylation is 1. The predicted molar refractivity (Wildman–Crippen MR) is 103 cm³/mol. The lowest BCUT2D eigenvalue weighted by Crippen LogP contribution is -2.23. The Labute approximate surface area is 150 Å². The largest absolute Gasteiger partial charge is 0.347 e. The van der Waals surface area contributed by atoms with Gasteiger partial charge in [-0.25, -0.2) is 8.42 Å². The van der Waals surface area contributed by atoms with E-state index in [0.29, 0.717) is 16.1 Å².